The summed E-state index contributed by atoms with van der Waals surface area (Å²) in [6, 6.07) is 10.8. The molecule has 0 aliphatic heterocycles. The summed E-state index contributed by atoms with van der Waals surface area (Å²) >= 11 is 0. The van der Waals surface area contributed by atoms with Crippen LogP contribution in [-0.2, 0) is 20.8 Å². The van der Waals surface area contributed by atoms with Crippen molar-refractivity contribution in [2.75, 3.05) is 53.0 Å². The van der Waals surface area contributed by atoms with Crippen LogP contribution in [0.5, 0.6) is 0 Å². The molecule has 0 bridgehead atoms. The average Bonchev–Trinajstić information content (AvgIpc) is 3.05. The lowest BCUT2D eigenvalue weighted by atomic mass is 9.63. The molecular formula is C39H72N4O3. The van der Waals surface area contributed by atoms with Crippen LogP contribution < -0.4 is 17.2 Å². The van der Waals surface area contributed by atoms with E-state index in [4.69, 9.17) is 31.4 Å². The lowest BCUT2D eigenvalue weighted by Gasteiger charge is -2.47. The van der Waals surface area contributed by atoms with E-state index in [0.29, 0.717) is 75.3 Å². The van der Waals surface area contributed by atoms with Gasteiger partial charge in [-0.25, -0.2) is 0 Å². The largest absolute Gasteiger partial charge is 0.377 e. The van der Waals surface area contributed by atoms with Crippen molar-refractivity contribution in [3.8, 4) is 0 Å². The number of fused-ring (bicyclic) bond motifs is 1. The monoisotopic (exact) mass is 645 g/mol. The first-order valence-corrected chi connectivity index (χ1v) is 19.1. The van der Waals surface area contributed by atoms with Gasteiger partial charge in [-0.2, -0.15) is 0 Å². The molecule has 0 spiro atoms. The van der Waals surface area contributed by atoms with E-state index in [1.807, 2.05) is 0 Å². The topological polar surface area (TPSA) is 109 Å². The van der Waals surface area contributed by atoms with Crippen LogP contribution in [0.4, 0.5) is 0 Å². The second kappa shape index (κ2) is 22.6. The van der Waals surface area contributed by atoms with Crippen molar-refractivity contribution in [1.29, 1.82) is 0 Å². The van der Waals surface area contributed by atoms with E-state index in [-0.39, 0.29) is 6.10 Å². The molecule has 0 radical (unpaired) electrons. The number of benzene rings is 1. The Hall–Kier alpha value is -1.06. The van der Waals surface area contributed by atoms with E-state index in [1.165, 1.54) is 50.5 Å². The van der Waals surface area contributed by atoms with Gasteiger partial charge >= 0.3 is 0 Å². The molecule has 266 valence electrons. The smallest absolute Gasteiger partial charge is 0.0611 e. The molecule has 0 amide bonds. The maximum atomic E-state index is 6.71. The second-order valence-electron chi connectivity index (χ2n) is 14.9. The van der Waals surface area contributed by atoms with Gasteiger partial charge in [-0.3, -0.25) is 0 Å². The van der Waals surface area contributed by atoms with Gasteiger partial charge in [0.25, 0.3) is 0 Å². The van der Waals surface area contributed by atoms with Gasteiger partial charge in [-0.1, -0.05) is 63.9 Å². The Morgan fingerprint density at radius 2 is 1.54 bits per heavy atom. The number of nitrogens with two attached hydrogens (primary N) is 3. The Kier molecular flexibility index (Phi) is 19.3. The Bertz CT molecular complexity index is 891. The fraction of sp³-hybridized carbons (Fsp3) is 0.846. The summed E-state index contributed by atoms with van der Waals surface area (Å²) in [5.74, 6) is 3.80. The van der Waals surface area contributed by atoms with E-state index >= 15 is 0 Å². The molecule has 2 aliphatic rings. The molecule has 2 aliphatic carbocycles. The van der Waals surface area contributed by atoms with Crippen molar-refractivity contribution in [2.24, 2.45) is 52.7 Å². The highest BCUT2D eigenvalue weighted by molar-refractivity contribution is 5.14. The first kappa shape index (κ1) is 39.4. The summed E-state index contributed by atoms with van der Waals surface area (Å²) in [6.07, 6.45) is 15.1. The lowest BCUT2D eigenvalue weighted by molar-refractivity contribution is -0.0998. The molecular weight excluding hydrogens is 572 g/mol. The van der Waals surface area contributed by atoms with Crippen LogP contribution in [0.2, 0.25) is 0 Å². The van der Waals surface area contributed by atoms with Crippen molar-refractivity contribution in [3.63, 3.8) is 0 Å². The zero-order valence-electron chi connectivity index (χ0n) is 30.1. The van der Waals surface area contributed by atoms with Gasteiger partial charge in [0.2, 0.25) is 0 Å². The molecule has 9 atom stereocenters. The molecule has 1 aromatic carbocycles. The highest BCUT2D eigenvalue weighted by Crippen LogP contribution is 2.47. The van der Waals surface area contributed by atoms with E-state index in [1.54, 1.807) is 0 Å². The van der Waals surface area contributed by atoms with Crippen molar-refractivity contribution in [1.82, 2.24) is 4.90 Å². The van der Waals surface area contributed by atoms with Crippen LogP contribution >= 0.6 is 0 Å². The summed E-state index contributed by atoms with van der Waals surface area (Å²) in [7, 11) is 2.26. The first-order valence-electron chi connectivity index (χ1n) is 19.1. The minimum absolute atomic E-state index is 0.245. The van der Waals surface area contributed by atoms with Crippen LogP contribution in [0.15, 0.2) is 30.3 Å². The van der Waals surface area contributed by atoms with Crippen LogP contribution in [0.1, 0.15) is 103 Å². The summed E-state index contributed by atoms with van der Waals surface area (Å²) in [5, 5.41) is 0. The molecule has 0 aromatic heterocycles. The lowest BCUT2D eigenvalue weighted by Crippen LogP contribution is -2.45. The van der Waals surface area contributed by atoms with Gasteiger partial charge in [0.15, 0.2) is 0 Å². The standard InChI is InChI=1S/C39H72N4O3/c1-5-33(31(3)11-10-21-43(4)29-32-12-7-6-8-13-32)16-17-35-28-37(45-23-19-41)27-34-14-9-15-36(44-22-18-40)25-30(2)26-38(39(34)35)46-24-20-42/h6-8,12-13,30-31,33-39H,5,9-11,14-29,40-42H2,1-4H3/t30?,31-,33?,34+,35-,36-,37+,38-,39?/m1/s1. The van der Waals surface area contributed by atoms with Gasteiger partial charge in [-0.15, -0.1) is 0 Å². The molecule has 2 saturated carbocycles. The third-order valence-corrected chi connectivity index (χ3v) is 11.2. The zero-order chi connectivity index (χ0) is 33.1. The number of ether oxygens (including phenoxy) is 3. The summed E-state index contributed by atoms with van der Waals surface area (Å²) < 4.78 is 19.4. The molecule has 46 heavy (non-hydrogen) atoms. The molecule has 6 N–H and O–H groups in total. The number of nitrogens with zero attached hydrogens (tertiary/aromatic N) is 1. The molecule has 2 fully saturated rings. The number of hydrogen-bond acceptors (Lipinski definition) is 7. The molecule has 0 heterocycles. The summed E-state index contributed by atoms with van der Waals surface area (Å²) in [4.78, 5) is 2.47. The summed E-state index contributed by atoms with van der Waals surface area (Å²) in [6.45, 7) is 13.2. The minimum atomic E-state index is 0.245. The van der Waals surface area contributed by atoms with Gasteiger partial charge in [-0.05, 0) is 119 Å². The van der Waals surface area contributed by atoms with Crippen LogP contribution in [-0.4, -0.2) is 76.3 Å². The Morgan fingerprint density at radius 1 is 0.848 bits per heavy atom. The molecule has 0 saturated heterocycles. The fourth-order valence-corrected chi connectivity index (χ4v) is 8.89. The fourth-order valence-electron chi connectivity index (χ4n) is 8.89. The quantitative estimate of drug-likeness (QED) is 0.146. The second-order valence-corrected chi connectivity index (χ2v) is 14.9. The van der Waals surface area contributed by atoms with E-state index < -0.39 is 0 Å². The van der Waals surface area contributed by atoms with Crippen LogP contribution in [0, 0.1) is 35.5 Å². The maximum Gasteiger partial charge on any atom is 0.0611 e. The Morgan fingerprint density at radius 3 is 2.24 bits per heavy atom. The Labute approximate surface area is 283 Å². The van der Waals surface area contributed by atoms with Gasteiger partial charge < -0.3 is 36.3 Å². The molecule has 7 nitrogen and oxygen atoms in total. The first-order chi connectivity index (χ1) is 22.4. The van der Waals surface area contributed by atoms with Crippen molar-refractivity contribution >= 4 is 0 Å². The minimum Gasteiger partial charge on any atom is -0.377 e. The predicted octanol–water partition coefficient (Wildman–Crippen LogP) is 6.62. The van der Waals surface area contributed by atoms with Crippen molar-refractivity contribution < 1.29 is 14.2 Å². The normalized spacial score (nSPS) is 28.9. The van der Waals surface area contributed by atoms with Gasteiger partial charge in [0.1, 0.15) is 0 Å². The SMILES string of the molecule is CCC(CC[C@@H]1C[C@@H](OCCN)C[C@@H]2CCC[C@@H](OCCN)CC(C)C[C@@H](OCCN)C12)[C@H](C)CCCN(C)Cc1ccccc1. The number of hydrogen-bond donors (Lipinski definition) is 3. The average molecular weight is 645 g/mol. The van der Waals surface area contributed by atoms with E-state index in [9.17, 15) is 0 Å². The van der Waals surface area contributed by atoms with Gasteiger partial charge in [0, 0.05) is 26.2 Å². The molecule has 3 unspecified atom stereocenters. The van der Waals surface area contributed by atoms with Crippen LogP contribution in [0.25, 0.3) is 0 Å². The Balaban J connectivity index is 1.67. The predicted molar refractivity (Wildman–Crippen MR) is 193 cm³/mol. The van der Waals surface area contributed by atoms with E-state index in [0.717, 1.165) is 57.0 Å². The third kappa shape index (κ3) is 13.8. The molecule has 7 heteroatoms. The third-order valence-electron chi connectivity index (χ3n) is 11.2. The van der Waals surface area contributed by atoms with Gasteiger partial charge in [0.05, 0.1) is 38.1 Å². The maximum absolute atomic E-state index is 6.71. The van der Waals surface area contributed by atoms with E-state index in [2.05, 4.69) is 63.1 Å². The highest BCUT2D eigenvalue weighted by Gasteiger charge is 2.43. The van der Waals surface area contributed by atoms with Crippen molar-refractivity contribution in [2.45, 2.75) is 123 Å². The molecule has 1 aromatic rings. The highest BCUT2D eigenvalue weighted by atomic mass is 16.5. The number of rotatable bonds is 20. The summed E-state index contributed by atoms with van der Waals surface area (Å²) in [5.41, 5.74) is 19.1. The molecule has 3 rings (SSSR count). The van der Waals surface area contributed by atoms with Crippen LogP contribution in [0.3, 0.4) is 0 Å². The van der Waals surface area contributed by atoms with Crippen molar-refractivity contribution in [3.05, 3.63) is 35.9 Å². The zero-order valence-corrected chi connectivity index (χ0v) is 30.1.